The minimum Gasteiger partial charge on any atom is -0.469 e. The lowest BCUT2D eigenvalue weighted by atomic mass is 9.83. The maximum absolute atomic E-state index is 11.2. The molecule has 108 valence electrons. The van der Waals surface area contributed by atoms with Crippen LogP contribution in [-0.4, -0.2) is 26.4 Å². The summed E-state index contributed by atoms with van der Waals surface area (Å²) in [7, 11) is 0. The first-order valence-corrected chi connectivity index (χ1v) is 8.37. The molecule has 1 saturated heterocycles. The van der Waals surface area contributed by atoms with Crippen LogP contribution in [-0.2, 0) is 9.00 Å². The maximum Gasteiger partial charge on any atom is 0.239 e. The van der Waals surface area contributed by atoms with Gasteiger partial charge in [0.25, 0.3) is 0 Å². The van der Waals surface area contributed by atoms with Crippen LogP contribution in [0.1, 0.15) is 0 Å². The summed E-state index contributed by atoms with van der Waals surface area (Å²) in [4.78, 5) is 2.23. The van der Waals surface area contributed by atoms with Crippen LogP contribution in [0, 0.1) is 11.8 Å². The molecular formula is C9H6Cl6O3S. The van der Waals surface area contributed by atoms with Crippen molar-refractivity contribution in [2.75, 3.05) is 12.4 Å². The minimum absolute atomic E-state index is 0.00855. The molecule has 2 fully saturated rings. The highest BCUT2D eigenvalue weighted by Crippen LogP contribution is 2.76. The lowest BCUT2D eigenvalue weighted by Gasteiger charge is -2.33. The van der Waals surface area contributed by atoms with Gasteiger partial charge in [-0.3, -0.25) is 0 Å². The van der Waals surface area contributed by atoms with E-state index in [1.165, 1.54) is 4.11 Å². The highest BCUT2D eigenvalue weighted by atomic mass is 35.5. The molecule has 0 radical (unpaired) electrons. The van der Waals surface area contributed by atoms with Gasteiger partial charge in [0, 0.05) is 11.8 Å². The summed E-state index contributed by atoms with van der Waals surface area (Å²) in [6, 6.07) is 0. The summed E-state index contributed by atoms with van der Waals surface area (Å²) >= 11 is 39.2. The average Bonchev–Trinajstić information content (AvgIpc) is 2.54. The van der Waals surface area contributed by atoms with Gasteiger partial charge in [0.05, 0.1) is 15.8 Å². The van der Waals surface area contributed by atoms with Crippen LogP contribution in [0.4, 0.5) is 0 Å². The second-order valence-electron chi connectivity index (χ2n) is 4.61. The van der Waals surface area contributed by atoms with Gasteiger partial charge in [0.1, 0.15) is 16.4 Å². The molecule has 0 aromatic rings. The van der Waals surface area contributed by atoms with Crippen LogP contribution in [0.15, 0.2) is 10.1 Å². The molecule has 0 spiro atoms. The van der Waals surface area contributed by atoms with Crippen LogP contribution < -0.4 is 5.26 Å². The zero-order valence-electron chi connectivity index (χ0n) is 8.97. The number of rotatable bonds is 0. The molecule has 2 bridgehead atoms. The van der Waals surface area contributed by atoms with Gasteiger partial charge >= 0.3 is 0 Å². The second-order valence-corrected chi connectivity index (χ2v) is 8.73. The molecule has 0 aromatic carbocycles. The van der Waals surface area contributed by atoms with Gasteiger partial charge < -0.3 is 5.26 Å². The third-order valence-electron chi connectivity index (χ3n) is 3.94. The first-order valence-electron chi connectivity index (χ1n) is 5.19. The second kappa shape index (κ2) is 4.60. The van der Waals surface area contributed by atoms with E-state index in [1.54, 1.807) is 0 Å². The van der Waals surface area contributed by atoms with Gasteiger partial charge in [-0.05, 0) is 0 Å². The molecule has 4 atom stereocenters. The summed E-state index contributed by atoms with van der Waals surface area (Å²) in [5.74, 6) is -0.456. The van der Waals surface area contributed by atoms with E-state index in [2.05, 4.69) is 0 Å². The summed E-state index contributed by atoms with van der Waals surface area (Å²) in [5.41, 5.74) is 0. The van der Waals surface area contributed by atoms with Crippen molar-refractivity contribution in [3.05, 3.63) is 10.1 Å². The van der Waals surface area contributed by atoms with Gasteiger partial charge in [0.15, 0.2) is 4.33 Å². The van der Waals surface area contributed by atoms with Gasteiger partial charge in [-0.15, -0.1) is 23.2 Å². The zero-order chi connectivity index (χ0) is 14.2. The molecule has 1 heterocycles. The number of hydrogen-bond donors (Lipinski definition) is 0. The number of halogens is 6. The van der Waals surface area contributed by atoms with Crippen molar-refractivity contribution < 1.29 is 14.3 Å². The third kappa shape index (κ3) is 1.62. The van der Waals surface area contributed by atoms with E-state index in [1.807, 2.05) is 0 Å². The van der Waals surface area contributed by atoms with Crippen LogP contribution in [0.2, 0.25) is 0 Å². The van der Waals surface area contributed by atoms with Gasteiger partial charge in [-0.25, -0.2) is 0 Å². The normalized spacial score (nSPS) is 49.4. The lowest BCUT2D eigenvalue weighted by Crippen LogP contribution is -2.45. The Balaban J connectivity index is 2.16. The zero-order valence-corrected chi connectivity index (χ0v) is 14.3. The highest BCUT2D eigenvalue weighted by molar-refractivity contribution is 7.94. The smallest absolute Gasteiger partial charge is 0.239 e. The monoisotopic (exact) mass is 404 g/mol. The fraction of sp³-hybridized carbons (Fsp3) is 0.778. The fourth-order valence-corrected chi connectivity index (χ4v) is 6.98. The molecule has 1 saturated carbocycles. The number of fused-ring (bicyclic) bond motifs is 5. The van der Waals surface area contributed by atoms with E-state index in [9.17, 15) is 5.26 Å². The van der Waals surface area contributed by atoms with Crippen molar-refractivity contribution in [1.82, 2.24) is 0 Å². The third-order valence-corrected chi connectivity index (χ3v) is 9.07. The SMILES string of the molecule is [O-][O+]1OCC2C(CS1)C1(Cl)C(Cl)=C(Cl)C2(Cl)C1(Cl)Cl. The van der Waals surface area contributed by atoms with Gasteiger partial charge in [0.2, 0.25) is 12.0 Å². The van der Waals surface area contributed by atoms with Crippen LogP contribution in [0.25, 0.3) is 0 Å². The summed E-state index contributed by atoms with van der Waals surface area (Å²) in [6.45, 7) is -0.00855. The van der Waals surface area contributed by atoms with Crippen molar-refractivity contribution in [2.24, 2.45) is 11.8 Å². The van der Waals surface area contributed by atoms with Crippen LogP contribution in [0.3, 0.4) is 0 Å². The Morgan fingerprint density at radius 3 is 2.21 bits per heavy atom. The number of hydrogen-bond acceptors (Lipinski definition) is 3. The standard InChI is InChI=1S/C9H6Cl6O3S/c10-5-6(11)8(13)4-2-19-18(16)17-1-3(4)7(5,12)9(8,14)15/h3-4H,1-2H2. The van der Waals surface area contributed by atoms with E-state index in [0.717, 1.165) is 12.0 Å². The van der Waals surface area contributed by atoms with E-state index in [-0.39, 0.29) is 22.6 Å². The Morgan fingerprint density at radius 1 is 1.11 bits per heavy atom. The fourth-order valence-electron chi connectivity index (χ4n) is 2.96. The van der Waals surface area contributed by atoms with E-state index >= 15 is 0 Å². The van der Waals surface area contributed by atoms with Crippen molar-refractivity contribution in [2.45, 2.75) is 14.1 Å². The molecule has 3 nitrogen and oxygen atoms in total. The lowest BCUT2D eigenvalue weighted by molar-refractivity contribution is -0.842. The topological polar surface area (TPSA) is 35.0 Å². The summed E-state index contributed by atoms with van der Waals surface area (Å²) in [5, 5.41) is 11.5. The Labute approximate surface area is 143 Å². The highest BCUT2D eigenvalue weighted by Gasteiger charge is 2.82. The largest absolute Gasteiger partial charge is 0.469 e. The Morgan fingerprint density at radius 2 is 1.63 bits per heavy atom. The predicted octanol–water partition coefficient (Wildman–Crippen LogP) is 3.49. The van der Waals surface area contributed by atoms with Gasteiger partial charge in [-0.2, -0.15) is 4.11 Å². The molecule has 2 aliphatic carbocycles. The molecule has 3 rings (SSSR count). The van der Waals surface area contributed by atoms with Crippen molar-refractivity contribution in [3.63, 3.8) is 0 Å². The molecule has 0 aromatic heterocycles. The van der Waals surface area contributed by atoms with Crippen molar-refractivity contribution in [1.29, 1.82) is 0 Å². The number of allylic oxidation sites excluding steroid dienone is 2. The molecule has 0 N–H and O–H groups in total. The first kappa shape index (κ1) is 15.6. The summed E-state index contributed by atoms with van der Waals surface area (Å²) in [6.07, 6.45) is 0. The molecule has 0 amide bonds. The molecular weight excluding hydrogens is 401 g/mol. The predicted molar refractivity (Wildman–Crippen MR) is 76.8 cm³/mol. The molecule has 4 unspecified atom stereocenters. The van der Waals surface area contributed by atoms with E-state index in [4.69, 9.17) is 74.5 Å². The van der Waals surface area contributed by atoms with E-state index < -0.39 is 20.0 Å². The van der Waals surface area contributed by atoms with Gasteiger partial charge in [-0.1, -0.05) is 51.3 Å². The van der Waals surface area contributed by atoms with Crippen LogP contribution in [0.5, 0.6) is 0 Å². The maximum atomic E-state index is 11.2. The molecule has 1 aliphatic heterocycles. The number of alkyl halides is 4. The Hall–Kier alpha value is 1.71. The molecule has 19 heavy (non-hydrogen) atoms. The quantitative estimate of drug-likeness (QED) is 0.267. The summed E-state index contributed by atoms with van der Waals surface area (Å²) < 4.78 is -0.357. The molecule has 10 heteroatoms. The average molecular weight is 407 g/mol. The molecule has 3 aliphatic rings. The Kier molecular flexibility index (Phi) is 3.78. The van der Waals surface area contributed by atoms with Crippen molar-refractivity contribution in [3.8, 4) is 0 Å². The minimum atomic E-state index is -1.58. The Bertz CT molecular complexity index is 435. The first-order chi connectivity index (χ1) is 8.69. The van der Waals surface area contributed by atoms with E-state index in [0.29, 0.717) is 5.75 Å². The van der Waals surface area contributed by atoms with Crippen LogP contribution >= 0.6 is 81.6 Å². The van der Waals surface area contributed by atoms with Crippen molar-refractivity contribution >= 4 is 81.6 Å².